The summed E-state index contributed by atoms with van der Waals surface area (Å²) in [5.41, 5.74) is 3.11. The number of carbonyl (C=O) groups excluding carboxylic acids is 1. The summed E-state index contributed by atoms with van der Waals surface area (Å²) in [4.78, 5) is 18.9. The van der Waals surface area contributed by atoms with Crippen molar-refractivity contribution in [3.05, 3.63) is 53.9 Å². The normalized spacial score (nSPS) is 16.9. The van der Waals surface area contributed by atoms with Gasteiger partial charge in [0.15, 0.2) is 6.61 Å². The summed E-state index contributed by atoms with van der Waals surface area (Å²) in [6, 6.07) is 13.5. The number of nitrogens with zero attached hydrogens (tertiary/aromatic N) is 2. The zero-order chi connectivity index (χ0) is 16.9. The molecule has 0 saturated carbocycles. The highest BCUT2D eigenvalue weighted by atomic mass is 16.5. The Morgan fingerprint density at radius 2 is 2.12 bits per heavy atom. The highest BCUT2D eigenvalue weighted by Gasteiger charge is 2.28. The van der Waals surface area contributed by atoms with E-state index in [1.54, 1.807) is 0 Å². The molecule has 1 saturated heterocycles. The van der Waals surface area contributed by atoms with Gasteiger partial charge in [-0.25, -0.2) is 0 Å². The van der Waals surface area contributed by atoms with Gasteiger partial charge in [-0.2, -0.15) is 0 Å². The van der Waals surface area contributed by atoms with E-state index in [1.165, 1.54) is 0 Å². The van der Waals surface area contributed by atoms with E-state index < -0.39 is 0 Å². The molecule has 0 unspecified atom stereocenters. The molecule has 0 spiro atoms. The molecule has 2 heterocycles. The number of rotatable bonds is 5. The zero-order valence-corrected chi connectivity index (χ0v) is 14.2. The van der Waals surface area contributed by atoms with Crippen LogP contribution in [0, 0.1) is 6.92 Å². The van der Waals surface area contributed by atoms with Crippen molar-refractivity contribution in [3.8, 4) is 5.75 Å². The molecule has 1 aliphatic heterocycles. The highest BCUT2D eigenvalue weighted by molar-refractivity contribution is 5.78. The van der Waals surface area contributed by atoms with Crippen molar-refractivity contribution < 1.29 is 9.53 Å². The first-order valence-corrected chi connectivity index (χ1v) is 8.27. The van der Waals surface area contributed by atoms with Gasteiger partial charge in [0.25, 0.3) is 5.91 Å². The molecule has 24 heavy (non-hydrogen) atoms. The molecule has 1 N–H and O–H groups in total. The van der Waals surface area contributed by atoms with Crippen molar-refractivity contribution in [1.82, 2.24) is 9.88 Å². The van der Waals surface area contributed by atoms with Crippen molar-refractivity contribution in [2.24, 2.45) is 0 Å². The van der Waals surface area contributed by atoms with Gasteiger partial charge in [0, 0.05) is 43.1 Å². The molecule has 5 heteroatoms. The van der Waals surface area contributed by atoms with E-state index in [1.807, 2.05) is 55.3 Å². The van der Waals surface area contributed by atoms with Gasteiger partial charge < -0.3 is 15.0 Å². The molecule has 5 nitrogen and oxygen atoms in total. The monoisotopic (exact) mass is 325 g/mol. The average molecular weight is 325 g/mol. The Morgan fingerprint density at radius 3 is 2.88 bits per heavy atom. The Labute approximate surface area is 142 Å². The minimum absolute atomic E-state index is 0.0304. The lowest BCUT2D eigenvalue weighted by Crippen LogP contribution is -2.32. The number of likely N-dealkylation sites (tertiary alicyclic amines) is 1. The fraction of sp³-hybridized carbons (Fsp3) is 0.368. The first-order valence-electron chi connectivity index (χ1n) is 8.27. The van der Waals surface area contributed by atoms with Crippen molar-refractivity contribution in [2.45, 2.75) is 19.3 Å². The number of amides is 1. The van der Waals surface area contributed by atoms with Gasteiger partial charge in [-0.15, -0.1) is 0 Å². The Balaban J connectivity index is 1.58. The van der Waals surface area contributed by atoms with Crippen molar-refractivity contribution in [1.29, 1.82) is 0 Å². The first-order chi connectivity index (χ1) is 11.7. The third-order valence-electron chi connectivity index (χ3n) is 4.33. The number of hydrogen-bond donors (Lipinski definition) is 1. The fourth-order valence-corrected chi connectivity index (χ4v) is 3.03. The summed E-state index contributed by atoms with van der Waals surface area (Å²) in [5.74, 6) is 1.04. The van der Waals surface area contributed by atoms with Crippen LogP contribution in [0.5, 0.6) is 5.75 Å². The van der Waals surface area contributed by atoms with Crippen molar-refractivity contribution >= 4 is 11.6 Å². The van der Waals surface area contributed by atoms with Crippen molar-refractivity contribution in [3.63, 3.8) is 0 Å². The summed E-state index contributed by atoms with van der Waals surface area (Å²) in [7, 11) is 1.91. The largest absolute Gasteiger partial charge is 0.484 e. The van der Waals surface area contributed by atoms with Crippen LogP contribution < -0.4 is 10.1 Å². The lowest BCUT2D eigenvalue weighted by Gasteiger charge is -2.17. The average Bonchev–Trinajstić information content (AvgIpc) is 3.10. The number of hydrogen-bond acceptors (Lipinski definition) is 4. The second-order valence-electron chi connectivity index (χ2n) is 6.10. The van der Waals surface area contributed by atoms with Crippen LogP contribution in [0.2, 0.25) is 0 Å². The number of pyridine rings is 1. The fourth-order valence-electron chi connectivity index (χ4n) is 3.03. The van der Waals surface area contributed by atoms with Gasteiger partial charge in [-0.05, 0) is 37.6 Å². The van der Waals surface area contributed by atoms with Gasteiger partial charge in [-0.1, -0.05) is 18.2 Å². The van der Waals surface area contributed by atoms with E-state index in [0.717, 1.165) is 35.8 Å². The minimum Gasteiger partial charge on any atom is -0.484 e. The van der Waals surface area contributed by atoms with Crippen LogP contribution in [0.3, 0.4) is 0 Å². The maximum atomic E-state index is 12.4. The highest BCUT2D eigenvalue weighted by Crippen LogP contribution is 2.28. The third kappa shape index (κ3) is 3.85. The zero-order valence-electron chi connectivity index (χ0n) is 14.2. The van der Waals surface area contributed by atoms with Crippen LogP contribution in [0.4, 0.5) is 5.69 Å². The molecule has 0 bridgehead atoms. The molecule has 1 aromatic carbocycles. The third-order valence-corrected chi connectivity index (χ3v) is 4.33. The predicted molar refractivity (Wildman–Crippen MR) is 94.4 cm³/mol. The van der Waals surface area contributed by atoms with E-state index in [-0.39, 0.29) is 18.4 Å². The quantitative estimate of drug-likeness (QED) is 0.918. The number of carbonyl (C=O) groups is 1. The number of ether oxygens (including phenoxy) is 1. The van der Waals surface area contributed by atoms with E-state index >= 15 is 0 Å². The number of anilines is 1. The Morgan fingerprint density at radius 1 is 1.33 bits per heavy atom. The summed E-state index contributed by atoms with van der Waals surface area (Å²) < 4.78 is 5.56. The van der Waals surface area contributed by atoms with Crippen LogP contribution in [0.25, 0.3) is 0 Å². The lowest BCUT2D eigenvalue weighted by atomic mass is 10.0. The van der Waals surface area contributed by atoms with Gasteiger partial charge in [0.2, 0.25) is 0 Å². The summed E-state index contributed by atoms with van der Waals surface area (Å²) in [5, 5.41) is 3.16. The Kier molecular flexibility index (Phi) is 4.99. The number of aryl methyl sites for hydroxylation is 1. The molecule has 1 amide bonds. The molecule has 1 atom stereocenters. The number of nitrogens with one attached hydrogen (secondary N) is 1. The Bertz CT molecular complexity index is 703. The van der Waals surface area contributed by atoms with Crippen LogP contribution in [0.1, 0.15) is 23.7 Å². The maximum Gasteiger partial charge on any atom is 0.260 e. The van der Waals surface area contributed by atoms with Gasteiger partial charge in [-0.3, -0.25) is 9.78 Å². The molecular formula is C19H23N3O2. The second kappa shape index (κ2) is 7.34. The molecule has 126 valence electrons. The smallest absolute Gasteiger partial charge is 0.260 e. The summed E-state index contributed by atoms with van der Waals surface area (Å²) in [6.07, 6.45) is 0.941. The minimum atomic E-state index is 0.0304. The van der Waals surface area contributed by atoms with Gasteiger partial charge in [0.05, 0.1) is 0 Å². The first kappa shape index (κ1) is 16.3. The topological polar surface area (TPSA) is 54.5 Å². The van der Waals surface area contributed by atoms with Crippen LogP contribution in [-0.2, 0) is 4.79 Å². The number of aromatic nitrogens is 1. The molecule has 1 fully saturated rings. The van der Waals surface area contributed by atoms with Crippen LogP contribution in [0.15, 0.2) is 42.5 Å². The molecule has 1 aliphatic rings. The van der Waals surface area contributed by atoms with E-state index in [0.29, 0.717) is 6.54 Å². The lowest BCUT2D eigenvalue weighted by molar-refractivity contribution is -0.132. The van der Waals surface area contributed by atoms with E-state index in [4.69, 9.17) is 4.74 Å². The molecule has 3 rings (SSSR count). The SMILES string of the molecule is CNc1cc(C)nc([C@H]2CCN(C(=O)COc3ccccc3)C2)c1. The molecular weight excluding hydrogens is 302 g/mol. The number of benzene rings is 1. The standard InChI is InChI=1S/C19H23N3O2/c1-14-10-16(20-2)11-18(21-14)15-8-9-22(12-15)19(23)13-24-17-6-4-3-5-7-17/h3-7,10-11,15H,8-9,12-13H2,1-2H3,(H,20,21)/t15-/m0/s1. The summed E-state index contributed by atoms with van der Waals surface area (Å²) in [6.45, 7) is 3.54. The number of para-hydroxylation sites is 1. The predicted octanol–water partition coefficient (Wildman–Crippen LogP) is 2.83. The van der Waals surface area contributed by atoms with E-state index in [9.17, 15) is 4.79 Å². The van der Waals surface area contributed by atoms with Crippen molar-refractivity contribution in [2.75, 3.05) is 32.1 Å². The molecule has 2 aromatic rings. The van der Waals surface area contributed by atoms with Gasteiger partial charge >= 0.3 is 0 Å². The molecule has 0 aliphatic carbocycles. The Hall–Kier alpha value is -2.56. The van der Waals surface area contributed by atoms with E-state index in [2.05, 4.69) is 16.4 Å². The second-order valence-corrected chi connectivity index (χ2v) is 6.10. The molecule has 1 aromatic heterocycles. The molecule has 0 radical (unpaired) electrons. The maximum absolute atomic E-state index is 12.4. The van der Waals surface area contributed by atoms with Crippen LogP contribution >= 0.6 is 0 Å². The van der Waals surface area contributed by atoms with Gasteiger partial charge in [0.1, 0.15) is 5.75 Å². The summed E-state index contributed by atoms with van der Waals surface area (Å²) >= 11 is 0. The van der Waals surface area contributed by atoms with Crippen LogP contribution in [-0.4, -0.2) is 42.5 Å².